The molecule has 0 aliphatic carbocycles. The minimum Gasteiger partial charge on any atom is -0.356 e. The molecule has 0 bridgehead atoms. The summed E-state index contributed by atoms with van der Waals surface area (Å²) in [6.07, 6.45) is 0.794. The maximum atomic E-state index is 12.0. The Morgan fingerprint density at radius 2 is 2.04 bits per heavy atom. The SMILES string of the molecule is CN=C(NCCc1cc(Cl)ccc1Br)N(C)CC(=O)NC(C)(C)C. The number of halogens is 2. The van der Waals surface area contributed by atoms with E-state index in [-0.39, 0.29) is 18.0 Å². The lowest BCUT2D eigenvalue weighted by Crippen LogP contribution is -2.49. The molecule has 0 heterocycles. The third-order valence-electron chi connectivity index (χ3n) is 3.15. The fourth-order valence-corrected chi connectivity index (χ4v) is 2.82. The van der Waals surface area contributed by atoms with E-state index >= 15 is 0 Å². The van der Waals surface area contributed by atoms with Gasteiger partial charge in [-0.15, -0.1) is 0 Å². The van der Waals surface area contributed by atoms with Crippen LogP contribution in [0, 0.1) is 0 Å². The molecule has 0 fully saturated rings. The van der Waals surface area contributed by atoms with Gasteiger partial charge in [0.2, 0.25) is 5.91 Å². The summed E-state index contributed by atoms with van der Waals surface area (Å²) < 4.78 is 1.03. The molecule has 24 heavy (non-hydrogen) atoms. The molecule has 0 aliphatic heterocycles. The maximum Gasteiger partial charge on any atom is 0.240 e. The van der Waals surface area contributed by atoms with Crippen molar-refractivity contribution < 1.29 is 4.79 Å². The Labute approximate surface area is 158 Å². The molecule has 1 aromatic carbocycles. The number of hydrogen-bond donors (Lipinski definition) is 2. The molecule has 0 unspecified atom stereocenters. The monoisotopic (exact) mass is 416 g/mol. The van der Waals surface area contributed by atoms with Crippen LogP contribution in [0.15, 0.2) is 27.7 Å². The Morgan fingerprint density at radius 3 is 2.62 bits per heavy atom. The van der Waals surface area contributed by atoms with Gasteiger partial charge in [-0.2, -0.15) is 0 Å². The molecule has 1 amide bonds. The van der Waals surface area contributed by atoms with Crippen molar-refractivity contribution >= 4 is 39.4 Å². The van der Waals surface area contributed by atoms with E-state index in [1.54, 1.807) is 11.9 Å². The zero-order valence-electron chi connectivity index (χ0n) is 14.9. The zero-order valence-corrected chi connectivity index (χ0v) is 17.3. The summed E-state index contributed by atoms with van der Waals surface area (Å²) >= 11 is 9.55. The molecule has 7 heteroatoms. The van der Waals surface area contributed by atoms with Crippen molar-refractivity contribution in [1.82, 2.24) is 15.5 Å². The van der Waals surface area contributed by atoms with Crippen molar-refractivity contribution in [2.24, 2.45) is 4.99 Å². The topological polar surface area (TPSA) is 56.7 Å². The minimum absolute atomic E-state index is 0.0365. The fraction of sp³-hybridized carbons (Fsp3) is 0.529. The van der Waals surface area contributed by atoms with E-state index in [2.05, 4.69) is 31.6 Å². The van der Waals surface area contributed by atoms with E-state index in [1.165, 1.54) is 0 Å². The normalized spacial score (nSPS) is 12.0. The third-order valence-corrected chi connectivity index (χ3v) is 4.16. The number of aliphatic imine (C=N–C) groups is 1. The Balaban J connectivity index is 2.52. The molecule has 0 spiro atoms. The third kappa shape index (κ3) is 7.53. The van der Waals surface area contributed by atoms with Crippen LogP contribution in [0.1, 0.15) is 26.3 Å². The molecular formula is C17H26BrClN4O. The van der Waals surface area contributed by atoms with Crippen LogP contribution in [-0.2, 0) is 11.2 Å². The first-order chi connectivity index (χ1) is 11.1. The van der Waals surface area contributed by atoms with Crippen molar-refractivity contribution in [2.45, 2.75) is 32.7 Å². The van der Waals surface area contributed by atoms with Crippen LogP contribution in [-0.4, -0.2) is 49.5 Å². The zero-order chi connectivity index (χ0) is 18.3. The van der Waals surface area contributed by atoms with Gasteiger partial charge in [0, 0.05) is 35.7 Å². The average molecular weight is 418 g/mol. The maximum absolute atomic E-state index is 12.0. The summed E-state index contributed by atoms with van der Waals surface area (Å²) in [6, 6.07) is 5.73. The summed E-state index contributed by atoms with van der Waals surface area (Å²) in [4.78, 5) is 18.0. The molecular weight excluding hydrogens is 392 g/mol. The lowest BCUT2D eigenvalue weighted by atomic mass is 10.1. The predicted octanol–water partition coefficient (Wildman–Crippen LogP) is 3.07. The quantitative estimate of drug-likeness (QED) is 0.572. The van der Waals surface area contributed by atoms with Gasteiger partial charge in [-0.05, 0) is 51.0 Å². The van der Waals surface area contributed by atoms with Gasteiger partial charge in [0.05, 0.1) is 6.54 Å². The van der Waals surface area contributed by atoms with Crippen molar-refractivity contribution in [2.75, 3.05) is 27.2 Å². The number of guanidine groups is 1. The first kappa shape index (κ1) is 20.8. The smallest absolute Gasteiger partial charge is 0.240 e. The number of nitrogens with zero attached hydrogens (tertiary/aromatic N) is 2. The molecule has 1 aromatic rings. The van der Waals surface area contributed by atoms with Gasteiger partial charge in [0.25, 0.3) is 0 Å². The van der Waals surface area contributed by atoms with Crippen molar-refractivity contribution in [1.29, 1.82) is 0 Å². The largest absolute Gasteiger partial charge is 0.356 e. The summed E-state index contributed by atoms with van der Waals surface area (Å²) in [5.74, 6) is 0.641. The van der Waals surface area contributed by atoms with E-state index in [0.717, 1.165) is 16.5 Å². The van der Waals surface area contributed by atoms with E-state index in [1.807, 2.05) is 46.0 Å². The summed E-state index contributed by atoms with van der Waals surface area (Å²) in [7, 11) is 3.54. The number of rotatable bonds is 5. The highest BCUT2D eigenvalue weighted by Gasteiger charge is 2.16. The number of nitrogens with one attached hydrogen (secondary N) is 2. The Hall–Kier alpha value is -1.27. The number of benzene rings is 1. The molecule has 0 atom stereocenters. The standard InChI is InChI=1S/C17H26BrClN4O/c1-17(2,3)22-15(24)11-23(5)16(20-4)21-9-8-12-10-13(19)6-7-14(12)18/h6-7,10H,8-9,11H2,1-5H3,(H,20,21)(H,22,24). The number of carbonyl (C=O) groups excluding carboxylic acids is 1. The van der Waals surface area contributed by atoms with Crippen LogP contribution in [0.3, 0.4) is 0 Å². The first-order valence-corrected chi connectivity index (χ1v) is 8.96. The van der Waals surface area contributed by atoms with Crippen LogP contribution in [0.5, 0.6) is 0 Å². The average Bonchev–Trinajstić information content (AvgIpc) is 2.44. The number of carbonyl (C=O) groups is 1. The van der Waals surface area contributed by atoms with Crippen LogP contribution in [0.2, 0.25) is 5.02 Å². The summed E-state index contributed by atoms with van der Waals surface area (Å²) in [5.41, 5.74) is 0.881. The molecule has 5 nitrogen and oxygen atoms in total. The van der Waals surface area contributed by atoms with Crippen LogP contribution in [0.25, 0.3) is 0 Å². The van der Waals surface area contributed by atoms with Crippen LogP contribution in [0.4, 0.5) is 0 Å². The van der Waals surface area contributed by atoms with Gasteiger partial charge in [-0.1, -0.05) is 27.5 Å². The number of hydrogen-bond acceptors (Lipinski definition) is 2. The highest BCUT2D eigenvalue weighted by Crippen LogP contribution is 2.21. The molecule has 134 valence electrons. The lowest BCUT2D eigenvalue weighted by molar-refractivity contribution is -0.122. The van der Waals surface area contributed by atoms with E-state index in [0.29, 0.717) is 17.5 Å². The Morgan fingerprint density at radius 1 is 1.38 bits per heavy atom. The number of amides is 1. The molecule has 0 saturated heterocycles. The van der Waals surface area contributed by atoms with E-state index in [9.17, 15) is 4.79 Å². The van der Waals surface area contributed by atoms with Crippen molar-refractivity contribution in [3.8, 4) is 0 Å². The van der Waals surface area contributed by atoms with Gasteiger partial charge in [0.1, 0.15) is 0 Å². The second kappa shape index (κ2) is 9.28. The van der Waals surface area contributed by atoms with Crippen LogP contribution >= 0.6 is 27.5 Å². The molecule has 0 aliphatic rings. The van der Waals surface area contributed by atoms with Crippen molar-refractivity contribution in [3.63, 3.8) is 0 Å². The van der Waals surface area contributed by atoms with Gasteiger partial charge in [-0.3, -0.25) is 9.79 Å². The van der Waals surface area contributed by atoms with Crippen molar-refractivity contribution in [3.05, 3.63) is 33.3 Å². The Bertz CT molecular complexity index is 599. The fourth-order valence-electron chi connectivity index (χ4n) is 2.18. The highest BCUT2D eigenvalue weighted by molar-refractivity contribution is 9.10. The van der Waals surface area contributed by atoms with E-state index in [4.69, 9.17) is 11.6 Å². The molecule has 1 rings (SSSR count). The Kier molecular flexibility index (Phi) is 8.03. The van der Waals surface area contributed by atoms with Gasteiger partial charge in [0.15, 0.2) is 5.96 Å². The molecule has 2 N–H and O–H groups in total. The molecule has 0 aromatic heterocycles. The van der Waals surface area contributed by atoms with Gasteiger partial charge >= 0.3 is 0 Å². The van der Waals surface area contributed by atoms with Gasteiger partial charge in [-0.25, -0.2) is 0 Å². The molecule has 0 saturated carbocycles. The first-order valence-electron chi connectivity index (χ1n) is 7.79. The van der Waals surface area contributed by atoms with Gasteiger partial charge < -0.3 is 15.5 Å². The van der Waals surface area contributed by atoms with E-state index < -0.39 is 0 Å². The molecule has 0 radical (unpaired) electrons. The lowest BCUT2D eigenvalue weighted by Gasteiger charge is -2.25. The summed E-state index contributed by atoms with van der Waals surface area (Å²) in [5, 5.41) is 6.92. The predicted molar refractivity (Wildman–Crippen MR) is 105 cm³/mol. The second-order valence-electron chi connectivity index (χ2n) is 6.61. The second-order valence-corrected chi connectivity index (χ2v) is 7.90. The number of likely N-dealkylation sites (N-methyl/N-ethyl adjacent to an activating group) is 1. The summed E-state index contributed by atoms with van der Waals surface area (Å²) in [6.45, 7) is 6.82. The van der Waals surface area contributed by atoms with Crippen LogP contribution < -0.4 is 10.6 Å². The minimum atomic E-state index is -0.242. The highest BCUT2D eigenvalue weighted by atomic mass is 79.9.